The Balaban J connectivity index is 2.39. The second-order valence-electron chi connectivity index (χ2n) is 2.74. The van der Waals surface area contributed by atoms with Crippen LogP contribution in [0.2, 0.25) is 0 Å². The van der Waals surface area contributed by atoms with Crippen molar-refractivity contribution in [2.24, 2.45) is 0 Å². The van der Waals surface area contributed by atoms with Gasteiger partial charge in [-0.3, -0.25) is 0 Å². The molecular formula is C8H5F3N4O. The van der Waals surface area contributed by atoms with E-state index in [2.05, 4.69) is 20.1 Å². The van der Waals surface area contributed by atoms with Gasteiger partial charge in [0.15, 0.2) is 12.1 Å². The van der Waals surface area contributed by atoms with Crippen LogP contribution < -0.4 is 4.74 Å². The van der Waals surface area contributed by atoms with Crippen LogP contribution in [0.15, 0.2) is 30.6 Å². The first kappa shape index (κ1) is 10.4. The molecule has 1 aromatic heterocycles. The molecule has 0 radical (unpaired) electrons. The number of nitrogens with zero attached hydrogens (tertiary/aromatic N) is 4. The Morgan fingerprint density at radius 3 is 2.56 bits per heavy atom. The van der Waals surface area contributed by atoms with E-state index in [0.717, 1.165) is 11.1 Å². The summed E-state index contributed by atoms with van der Waals surface area (Å²) in [5, 5.41) is 10.5. The minimum atomic E-state index is -4.75. The highest BCUT2D eigenvalue weighted by atomic mass is 19.4. The second kappa shape index (κ2) is 3.80. The van der Waals surface area contributed by atoms with Crippen LogP contribution in [0.25, 0.3) is 5.69 Å². The number of rotatable bonds is 2. The van der Waals surface area contributed by atoms with Crippen molar-refractivity contribution in [1.82, 2.24) is 20.2 Å². The van der Waals surface area contributed by atoms with Crippen LogP contribution >= 0.6 is 0 Å². The summed E-state index contributed by atoms with van der Waals surface area (Å²) in [6.45, 7) is 0. The standard InChI is InChI=1S/C8H5F3N4O/c9-8(10,11)16-7-4-2-1-3-6(7)15-13-5-12-14-15/h1-5H. The van der Waals surface area contributed by atoms with Crippen molar-refractivity contribution < 1.29 is 17.9 Å². The first-order chi connectivity index (χ1) is 7.56. The monoisotopic (exact) mass is 230 g/mol. The van der Waals surface area contributed by atoms with E-state index in [1.807, 2.05) is 0 Å². The lowest BCUT2D eigenvalue weighted by molar-refractivity contribution is -0.274. The van der Waals surface area contributed by atoms with Gasteiger partial charge in [-0.1, -0.05) is 12.1 Å². The fourth-order valence-electron chi connectivity index (χ4n) is 1.11. The largest absolute Gasteiger partial charge is 0.573 e. The van der Waals surface area contributed by atoms with E-state index < -0.39 is 6.36 Å². The summed E-state index contributed by atoms with van der Waals surface area (Å²) >= 11 is 0. The third kappa shape index (κ3) is 2.27. The lowest BCUT2D eigenvalue weighted by Crippen LogP contribution is -2.18. The summed E-state index contributed by atoms with van der Waals surface area (Å²) in [5.41, 5.74) is 0.0670. The van der Waals surface area contributed by atoms with E-state index >= 15 is 0 Å². The molecule has 0 spiro atoms. The molecule has 0 atom stereocenters. The number of halogens is 3. The third-order valence-electron chi connectivity index (χ3n) is 1.66. The van der Waals surface area contributed by atoms with E-state index in [9.17, 15) is 13.2 Å². The maximum absolute atomic E-state index is 12.1. The topological polar surface area (TPSA) is 52.8 Å². The van der Waals surface area contributed by atoms with Crippen LogP contribution in [0.3, 0.4) is 0 Å². The highest BCUT2D eigenvalue weighted by Crippen LogP contribution is 2.27. The molecule has 0 unspecified atom stereocenters. The minimum absolute atomic E-state index is 0.0670. The van der Waals surface area contributed by atoms with Gasteiger partial charge in [0, 0.05) is 0 Å². The van der Waals surface area contributed by atoms with Crippen LogP contribution in [0.5, 0.6) is 5.75 Å². The molecule has 0 aliphatic heterocycles. The molecule has 84 valence electrons. The van der Waals surface area contributed by atoms with Crippen LogP contribution in [0, 0.1) is 0 Å². The number of aromatic nitrogens is 4. The number of ether oxygens (including phenoxy) is 1. The predicted octanol–water partition coefficient (Wildman–Crippen LogP) is 1.56. The lowest BCUT2D eigenvalue weighted by Gasteiger charge is -2.11. The predicted molar refractivity (Wildman–Crippen MR) is 45.8 cm³/mol. The third-order valence-corrected chi connectivity index (χ3v) is 1.66. The molecule has 0 saturated carbocycles. The van der Waals surface area contributed by atoms with E-state index in [1.54, 1.807) is 6.07 Å². The zero-order valence-corrected chi connectivity index (χ0v) is 7.72. The van der Waals surface area contributed by atoms with Crippen LogP contribution in [-0.4, -0.2) is 26.6 Å². The summed E-state index contributed by atoms with van der Waals surface area (Å²) in [7, 11) is 0. The van der Waals surface area contributed by atoms with Gasteiger partial charge in [-0.25, -0.2) is 0 Å². The van der Waals surface area contributed by atoms with Crippen molar-refractivity contribution in [3.05, 3.63) is 30.6 Å². The fourth-order valence-corrected chi connectivity index (χ4v) is 1.11. The van der Waals surface area contributed by atoms with Crippen molar-refractivity contribution in [3.63, 3.8) is 0 Å². The number of para-hydroxylation sites is 2. The zero-order chi connectivity index (χ0) is 11.6. The summed E-state index contributed by atoms with van der Waals surface area (Å²) in [4.78, 5) is 0.946. The van der Waals surface area contributed by atoms with Crippen molar-refractivity contribution in [2.45, 2.75) is 6.36 Å². The van der Waals surface area contributed by atoms with Crippen molar-refractivity contribution in [2.75, 3.05) is 0 Å². The van der Waals surface area contributed by atoms with Gasteiger partial charge >= 0.3 is 6.36 Å². The molecule has 8 heteroatoms. The van der Waals surface area contributed by atoms with E-state index in [-0.39, 0.29) is 11.4 Å². The maximum atomic E-state index is 12.1. The molecule has 0 N–H and O–H groups in total. The van der Waals surface area contributed by atoms with Crippen molar-refractivity contribution in [3.8, 4) is 11.4 Å². The smallest absolute Gasteiger partial charge is 0.403 e. The Bertz CT molecular complexity index is 468. The summed E-state index contributed by atoms with van der Waals surface area (Å²) in [6.07, 6.45) is -3.64. The molecule has 0 aliphatic carbocycles. The summed E-state index contributed by atoms with van der Waals surface area (Å²) < 4.78 is 40.1. The molecule has 0 aliphatic rings. The fraction of sp³-hybridized carbons (Fsp3) is 0.125. The van der Waals surface area contributed by atoms with Gasteiger partial charge in [-0.15, -0.1) is 28.2 Å². The SMILES string of the molecule is FC(F)(F)Oc1ccccc1-n1ncnn1. The van der Waals surface area contributed by atoms with Gasteiger partial charge in [0.1, 0.15) is 5.69 Å². The summed E-state index contributed by atoms with van der Waals surface area (Å²) in [5.74, 6) is -0.381. The molecule has 0 bridgehead atoms. The van der Waals surface area contributed by atoms with Gasteiger partial charge in [-0.05, 0) is 17.3 Å². The highest BCUT2D eigenvalue weighted by Gasteiger charge is 2.32. The quantitative estimate of drug-likeness (QED) is 0.785. The number of hydrogen-bond acceptors (Lipinski definition) is 4. The molecule has 0 saturated heterocycles. The number of benzene rings is 1. The Kier molecular flexibility index (Phi) is 2.47. The molecular weight excluding hydrogens is 225 g/mol. The van der Waals surface area contributed by atoms with Crippen LogP contribution in [0.1, 0.15) is 0 Å². The first-order valence-corrected chi connectivity index (χ1v) is 4.14. The van der Waals surface area contributed by atoms with Crippen molar-refractivity contribution >= 4 is 0 Å². The number of tetrazole rings is 1. The second-order valence-corrected chi connectivity index (χ2v) is 2.74. The van der Waals surface area contributed by atoms with Gasteiger partial charge in [0.25, 0.3) is 0 Å². The van der Waals surface area contributed by atoms with Gasteiger partial charge in [0.05, 0.1) is 0 Å². The maximum Gasteiger partial charge on any atom is 0.573 e. The molecule has 0 fully saturated rings. The molecule has 1 heterocycles. The highest BCUT2D eigenvalue weighted by molar-refractivity contribution is 5.44. The molecule has 16 heavy (non-hydrogen) atoms. The molecule has 0 amide bonds. The molecule has 2 aromatic rings. The molecule has 5 nitrogen and oxygen atoms in total. The average Bonchev–Trinajstić information content (AvgIpc) is 2.69. The first-order valence-electron chi connectivity index (χ1n) is 4.14. The normalized spacial score (nSPS) is 11.4. The van der Waals surface area contributed by atoms with Gasteiger partial charge in [0.2, 0.25) is 0 Å². The number of alkyl halides is 3. The Labute approximate surface area is 87.4 Å². The van der Waals surface area contributed by atoms with Crippen LogP contribution in [0.4, 0.5) is 13.2 Å². The van der Waals surface area contributed by atoms with Gasteiger partial charge < -0.3 is 4.74 Å². The molecule has 2 rings (SSSR count). The Hall–Kier alpha value is -2.12. The molecule has 1 aromatic carbocycles. The Morgan fingerprint density at radius 1 is 1.19 bits per heavy atom. The average molecular weight is 230 g/mol. The van der Waals surface area contributed by atoms with Gasteiger partial charge in [-0.2, -0.15) is 0 Å². The zero-order valence-electron chi connectivity index (χ0n) is 7.72. The lowest BCUT2D eigenvalue weighted by atomic mass is 10.3. The van der Waals surface area contributed by atoms with Crippen molar-refractivity contribution in [1.29, 1.82) is 0 Å². The number of hydrogen-bond donors (Lipinski definition) is 0. The Morgan fingerprint density at radius 2 is 1.94 bits per heavy atom. The van der Waals surface area contributed by atoms with E-state index in [1.165, 1.54) is 18.2 Å². The summed E-state index contributed by atoms with van der Waals surface area (Å²) in [6, 6.07) is 5.53. The van der Waals surface area contributed by atoms with Crippen LogP contribution in [-0.2, 0) is 0 Å². The van der Waals surface area contributed by atoms with E-state index in [0.29, 0.717) is 0 Å². The minimum Gasteiger partial charge on any atom is -0.403 e. The van der Waals surface area contributed by atoms with E-state index in [4.69, 9.17) is 0 Å².